The predicted octanol–water partition coefficient (Wildman–Crippen LogP) is 3.44. The average molecular weight is 379 g/mol. The normalized spacial score (nSPS) is 10.9. The van der Waals surface area contributed by atoms with Crippen LogP contribution in [0, 0.1) is 18.3 Å². The standard InChI is InChI=1S/C19H17N5O2S/c1-13-6-7-16(9-17(13)24-27(2,25)26)23-19-10-18(21-12-22-19)15-5-3-4-14(8-15)11-20/h3-10,12,24H,1-2H3,(H,21,22,23). The van der Waals surface area contributed by atoms with Crippen molar-refractivity contribution in [2.45, 2.75) is 6.92 Å². The third-order valence-corrected chi connectivity index (χ3v) is 4.35. The van der Waals surface area contributed by atoms with Crippen LogP contribution >= 0.6 is 0 Å². The van der Waals surface area contributed by atoms with Gasteiger partial charge >= 0.3 is 0 Å². The van der Waals surface area contributed by atoms with Crippen LogP contribution < -0.4 is 10.0 Å². The molecular weight excluding hydrogens is 362 g/mol. The molecule has 0 amide bonds. The molecule has 0 bridgehead atoms. The van der Waals surface area contributed by atoms with Crippen LogP contribution in [0.2, 0.25) is 0 Å². The fraction of sp³-hybridized carbons (Fsp3) is 0.105. The van der Waals surface area contributed by atoms with Crippen LogP contribution in [0.3, 0.4) is 0 Å². The highest BCUT2D eigenvalue weighted by molar-refractivity contribution is 7.92. The predicted molar refractivity (Wildman–Crippen MR) is 105 cm³/mol. The number of rotatable bonds is 5. The molecule has 8 heteroatoms. The van der Waals surface area contributed by atoms with Gasteiger partial charge in [-0.05, 0) is 36.8 Å². The van der Waals surface area contributed by atoms with Crippen molar-refractivity contribution < 1.29 is 8.42 Å². The summed E-state index contributed by atoms with van der Waals surface area (Å²) in [6, 6.07) is 16.4. The highest BCUT2D eigenvalue weighted by Crippen LogP contribution is 2.25. The van der Waals surface area contributed by atoms with Crippen LogP contribution in [0.5, 0.6) is 0 Å². The van der Waals surface area contributed by atoms with Crippen LogP contribution in [0.25, 0.3) is 11.3 Å². The minimum atomic E-state index is -3.37. The number of nitrogens with zero attached hydrogens (tertiary/aromatic N) is 3. The summed E-state index contributed by atoms with van der Waals surface area (Å²) < 4.78 is 25.5. The monoisotopic (exact) mass is 379 g/mol. The maximum atomic E-state index is 11.5. The van der Waals surface area contributed by atoms with E-state index < -0.39 is 10.0 Å². The topological polar surface area (TPSA) is 108 Å². The van der Waals surface area contributed by atoms with Gasteiger partial charge in [0, 0.05) is 17.3 Å². The Morgan fingerprint density at radius 2 is 1.89 bits per heavy atom. The number of hydrogen-bond donors (Lipinski definition) is 2. The molecule has 1 aromatic heterocycles. The van der Waals surface area contributed by atoms with E-state index in [4.69, 9.17) is 5.26 Å². The summed E-state index contributed by atoms with van der Waals surface area (Å²) in [5.41, 5.74) is 4.02. The van der Waals surface area contributed by atoms with Gasteiger partial charge in [-0.2, -0.15) is 5.26 Å². The summed E-state index contributed by atoms with van der Waals surface area (Å²) in [4.78, 5) is 8.46. The molecule has 1 heterocycles. The third-order valence-electron chi connectivity index (χ3n) is 3.76. The summed E-state index contributed by atoms with van der Waals surface area (Å²) in [7, 11) is -3.37. The van der Waals surface area contributed by atoms with Crippen LogP contribution in [-0.4, -0.2) is 24.6 Å². The number of hydrogen-bond acceptors (Lipinski definition) is 6. The van der Waals surface area contributed by atoms with Crippen molar-refractivity contribution in [3.8, 4) is 17.3 Å². The number of benzene rings is 2. The van der Waals surface area contributed by atoms with Gasteiger partial charge in [0.2, 0.25) is 10.0 Å². The zero-order valence-corrected chi connectivity index (χ0v) is 15.6. The molecule has 2 N–H and O–H groups in total. The molecule has 0 fully saturated rings. The molecule has 0 saturated heterocycles. The van der Waals surface area contributed by atoms with E-state index in [1.54, 1.807) is 30.3 Å². The minimum absolute atomic E-state index is 0.499. The second kappa shape index (κ2) is 7.43. The van der Waals surface area contributed by atoms with Gasteiger partial charge in [-0.15, -0.1) is 0 Å². The molecule has 0 saturated carbocycles. The highest BCUT2D eigenvalue weighted by atomic mass is 32.2. The lowest BCUT2D eigenvalue weighted by molar-refractivity contribution is 0.607. The van der Waals surface area contributed by atoms with Crippen molar-refractivity contribution in [1.29, 1.82) is 5.26 Å². The van der Waals surface area contributed by atoms with Gasteiger partial charge in [-0.3, -0.25) is 4.72 Å². The first-order valence-corrected chi connectivity index (χ1v) is 9.91. The van der Waals surface area contributed by atoms with Crippen molar-refractivity contribution in [2.75, 3.05) is 16.3 Å². The summed E-state index contributed by atoms with van der Waals surface area (Å²) in [6.07, 6.45) is 2.54. The second-order valence-corrected chi connectivity index (χ2v) is 7.76. The zero-order valence-electron chi connectivity index (χ0n) is 14.8. The van der Waals surface area contributed by atoms with Gasteiger partial charge in [-0.25, -0.2) is 18.4 Å². The summed E-state index contributed by atoms with van der Waals surface area (Å²) >= 11 is 0. The maximum Gasteiger partial charge on any atom is 0.229 e. The summed E-state index contributed by atoms with van der Waals surface area (Å²) in [5, 5.41) is 12.2. The van der Waals surface area contributed by atoms with Crippen molar-refractivity contribution in [2.24, 2.45) is 0 Å². The molecule has 0 aliphatic heterocycles. The van der Waals surface area contributed by atoms with Gasteiger partial charge in [0.1, 0.15) is 12.1 Å². The number of nitrogens with one attached hydrogen (secondary N) is 2. The Bertz CT molecular complexity index is 1140. The third kappa shape index (κ3) is 4.80. The number of aromatic nitrogens is 2. The first-order valence-electron chi connectivity index (χ1n) is 8.02. The Morgan fingerprint density at radius 3 is 2.63 bits per heavy atom. The van der Waals surface area contributed by atoms with Crippen molar-refractivity contribution in [3.05, 3.63) is 66.0 Å². The molecule has 0 aliphatic rings. The molecule has 3 aromatic rings. The Hall–Kier alpha value is -3.44. The van der Waals surface area contributed by atoms with E-state index in [0.717, 1.165) is 17.4 Å². The van der Waals surface area contributed by atoms with E-state index in [1.165, 1.54) is 6.33 Å². The van der Waals surface area contributed by atoms with Crippen LogP contribution in [0.4, 0.5) is 17.2 Å². The lowest BCUT2D eigenvalue weighted by Crippen LogP contribution is -2.10. The van der Waals surface area contributed by atoms with E-state index in [2.05, 4.69) is 26.1 Å². The zero-order chi connectivity index (χ0) is 19.4. The largest absolute Gasteiger partial charge is 0.340 e. The lowest BCUT2D eigenvalue weighted by atomic mass is 10.1. The van der Waals surface area contributed by atoms with Crippen LogP contribution in [0.1, 0.15) is 11.1 Å². The van der Waals surface area contributed by atoms with E-state index in [0.29, 0.717) is 28.5 Å². The fourth-order valence-electron chi connectivity index (χ4n) is 2.49. The van der Waals surface area contributed by atoms with Gasteiger partial charge < -0.3 is 5.32 Å². The number of nitriles is 1. The van der Waals surface area contributed by atoms with Gasteiger partial charge in [0.15, 0.2) is 0 Å². The average Bonchev–Trinajstić information content (AvgIpc) is 2.64. The Morgan fingerprint density at radius 1 is 1.07 bits per heavy atom. The molecule has 0 radical (unpaired) electrons. The molecule has 0 spiro atoms. The molecule has 3 rings (SSSR count). The van der Waals surface area contributed by atoms with Crippen LogP contribution in [0.15, 0.2) is 54.9 Å². The molecule has 136 valence electrons. The molecule has 0 atom stereocenters. The molecule has 27 heavy (non-hydrogen) atoms. The number of sulfonamides is 1. The Kier molecular flexibility index (Phi) is 5.05. The van der Waals surface area contributed by atoms with E-state index >= 15 is 0 Å². The van der Waals surface area contributed by atoms with Crippen LogP contribution in [-0.2, 0) is 10.0 Å². The quantitative estimate of drug-likeness (QED) is 0.703. The van der Waals surface area contributed by atoms with E-state index in [9.17, 15) is 8.42 Å². The van der Waals surface area contributed by atoms with Crippen molar-refractivity contribution >= 4 is 27.2 Å². The van der Waals surface area contributed by atoms with Crippen molar-refractivity contribution in [1.82, 2.24) is 9.97 Å². The molecule has 2 aromatic carbocycles. The highest BCUT2D eigenvalue weighted by Gasteiger charge is 2.08. The van der Waals surface area contributed by atoms with Crippen molar-refractivity contribution in [3.63, 3.8) is 0 Å². The van der Waals surface area contributed by atoms with Gasteiger partial charge in [0.25, 0.3) is 0 Å². The maximum absolute atomic E-state index is 11.5. The van der Waals surface area contributed by atoms with Gasteiger partial charge in [0.05, 0.1) is 29.3 Å². The summed E-state index contributed by atoms with van der Waals surface area (Å²) in [6.45, 7) is 1.82. The SMILES string of the molecule is Cc1ccc(Nc2cc(-c3cccc(C#N)c3)ncn2)cc1NS(C)(=O)=O. The van der Waals surface area contributed by atoms with E-state index in [-0.39, 0.29) is 0 Å². The molecule has 7 nitrogen and oxygen atoms in total. The number of anilines is 3. The number of aryl methyl sites for hydroxylation is 1. The fourth-order valence-corrected chi connectivity index (χ4v) is 3.11. The van der Waals surface area contributed by atoms with E-state index in [1.807, 2.05) is 25.1 Å². The smallest absolute Gasteiger partial charge is 0.229 e. The summed E-state index contributed by atoms with van der Waals surface area (Å²) in [5.74, 6) is 0.552. The first-order chi connectivity index (χ1) is 12.8. The van der Waals surface area contributed by atoms with Gasteiger partial charge in [-0.1, -0.05) is 18.2 Å². The molecule has 0 unspecified atom stereocenters. The molecule has 0 aliphatic carbocycles. The Labute approximate surface area is 157 Å². The minimum Gasteiger partial charge on any atom is -0.340 e. The lowest BCUT2D eigenvalue weighted by Gasteiger charge is -2.12. The molecular formula is C19H17N5O2S. The second-order valence-electron chi connectivity index (χ2n) is 6.01. The Balaban J connectivity index is 1.89. The first kappa shape index (κ1) is 18.4.